The van der Waals surface area contributed by atoms with Crippen molar-refractivity contribution in [2.24, 2.45) is 0 Å². The Morgan fingerprint density at radius 3 is 2.39 bits per heavy atom. The number of nitrogens with zero attached hydrogens (tertiary/aromatic N) is 2. The molecule has 2 heterocycles. The molecular weight excluding hydrogens is 355 g/mol. The number of rotatable bonds is 5. The van der Waals surface area contributed by atoms with Crippen LogP contribution >= 0.6 is 0 Å². The Morgan fingerprint density at radius 2 is 1.71 bits per heavy atom. The normalized spacial score (nSPS) is 13.4. The molecule has 1 saturated heterocycles. The molecule has 3 aromatic rings. The molecule has 28 heavy (non-hydrogen) atoms. The maximum Gasteiger partial charge on any atom is 0.255 e. The van der Waals surface area contributed by atoms with E-state index in [2.05, 4.69) is 32.7 Å². The first-order valence-electron chi connectivity index (χ1n) is 9.32. The first-order valence-corrected chi connectivity index (χ1v) is 9.32. The molecule has 0 atom stereocenters. The highest BCUT2D eigenvalue weighted by atomic mass is 19.1. The van der Waals surface area contributed by atoms with Gasteiger partial charge in [-0.25, -0.2) is 9.37 Å². The molecule has 0 spiro atoms. The van der Waals surface area contributed by atoms with Gasteiger partial charge in [0.05, 0.1) is 11.9 Å². The van der Waals surface area contributed by atoms with Gasteiger partial charge >= 0.3 is 0 Å². The molecule has 2 N–H and O–H groups in total. The fraction of sp³-hybridized carbons (Fsp3) is 0.182. The van der Waals surface area contributed by atoms with Crippen molar-refractivity contribution >= 4 is 28.8 Å². The van der Waals surface area contributed by atoms with Gasteiger partial charge < -0.3 is 15.5 Å². The average Bonchev–Trinajstić information content (AvgIpc) is 3.25. The Labute approximate surface area is 163 Å². The maximum atomic E-state index is 13.2. The molecular formula is C22H21FN4O. The molecule has 1 aliphatic heterocycles. The average molecular weight is 376 g/mol. The van der Waals surface area contributed by atoms with E-state index in [9.17, 15) is 9.18 Å². The molecule has 6 heteroatoms. The number of hydrogen-bond donors (Lipinski definition) is 2. The number of amides is 1. The van der Waals surface area contributed by atoms with Crippen LogP contribution in [0.15, 0.2) is 66.9 Å². The lowest BCUT2D eigenvalue weighted by Gasteiger charge is -2.17. The highest BCUT2D eigenvalue weighted by Crippen LogP contribution is 2.23. The summed E-state index contributed by atoms with van der Waals surface area (Å²) in [5.74, 6) is -0.140. The van der Waals surface area contributed by atoms with Crippen molar-refractivity contribution in [1.82, 2.24) is 4.98 Å². The summed E-state index contributed by atoms with van der Waals surface area (Å²) in [7, 11) is 0. The van der Waals surface area contributed by atoms with Gasteiger partial charge in [0, 0.05) is 30.0 Å². The molecule has 0 unspecified atom stereocenters. The Morgan fingerprint density at radius 1 is 0.964 bits per heavy atom. The first kappa shape index (κ1) is 18.0. The molecule has 0 saturated carbocycles. The van der Waals surface area contributed by atoms with E-state index in [1.165, 1.54) is 36.7 Å². The lowest BCUT2D eigenvalue weighted by molar-refractivity contribution is 0.102. The van der Waals surface area contributed by atoms with Gasteiger partial charge in [-0.15, -0.1) is 0 Å². The summed E-state index contributed by atoms with van der Waals surface area (Å²) < 4.78 is 13.2. The van der Waals surface area contributed by atoms with E-state index in [1.54, 1.807) is 24.4 Å². The van der Waals surface area contributed by atoms with Gasteiger partial charge in [0.2, 0.25) is 0 Å². The molecule has 1 amide bonds. The topological polar surface area (TPSA) is 57.3 Å². The van der Waals surface area contributed by atoms with Crippen molar-refractivity contribution < 1.29 is 9.18 Å². The number of hydrogen-bond acceptors (Lipinski definition) is 4. The summed E-state index contributed by atoms with van der Waals surface area (Å²) in [5.41, 5.74) is 3.00. The molecule has 4 rings (SSSR count). The highest BCUT2D eigenvalue weighted by Gasteiger charge is 2.12. The van der Waals surface area contributed by atoms with Gasteiger partial charge in [0.15, 0.2) is 0 Å². The summed E-state index contributed by atoms with van der Waals surface area (Å²) >= 11 is 0. The van der Waals surface area contributed by atoms with Crippen LogP contribution < -0.4 is 15.5 Å². The van der Waals surface area contributed by atoms with E-state index >= 15 is 0 Å². The molecule has 2 aromatic carbocycles. The minimum absolute atomic E-state index is 0.264. The maximum absolute atomic E-state index is 13.2. The van der Waals surface area contributed by atoms with Crippen molar-refractivity contribution in [3.8, 4) is 0 Å². The number of halogens is 1. The molecule has 1 aromatic heterocycles. The Kier molecular flexibility index (Phi) is 5.19. The number of anilines is 4. The summed E-state index contributed by atoms with van der Waals surface area (Å²) in [5, 5.41) is 5.96. The van der Waals surface area contributed by atoms with Crippen molar-refractivity contribution in [2.75, 3.05) is 28.6 Å². The van der Waals surface area contributed by atoms with Crippen LogP contribution in [-0.2, 0) is 0 Å². The van der Waals surface area contributed by atoms with Gasteiger partial charge in [0.1, 0.15) is 11.6 Å². The summed E-state index contributed by atoms with van der Waals surface area (Å²) in [6.07, 6.45) is 4.08. The summed E-state index contributed by atoms with van der Waals surface area (Å²) in [4.78, 5) is 18.9. The summed E-state index contributed by atoms with van der Waals surface area (Å²) in [6.45, 7) is 2.24. The lowest BCUT2D eigenvalue weighted by Crippen LogP contribution is -2.17. The monoisotopic (exact) mass is 376 g/mol. The standard InChI is InChI=1S/C22H21FN4O/c23-17-5-3-4-16(14-17)22(28)26-19-8-11-21(24-15-19)25-18-6-9-20(10-7-18)27-12-1-2-13-27/h3-11,14-15H,1-2,12-13H2,(H,24,25)(H,26,28). The Bertz CT molecular complexity index is 951. The fourth-order valence-corrected chi connectivity index (χ4v) is 3.25. The molecule has 1 aliphatic rings. The van der Waals surface area contributed by atoms with E-state index in [0.717, 1.165) is 18.8 Å². The van der Waals surface area contributed by atoms with Crippen LogP contribution in [0.1, 0.15) is 23.2 Å². The first-order chi connectivity index (χ1) is 13.7. The minimum Gasteiger partial charge on any atom is -0.372 e. The van der Waals surface area contributed by atoms with Crippen molar-refractivity contribution in [2.45, 2.75) is 12.8 Å². The second-order valence-electron chi connectivity index (χ2n) is 6.76. The van der Waals surface area contributed by atoms with Gasteiger partial charge in [-0.3, -0.25) is 4.79 Å². The van der Waals surface area contributed by atoms with Gasteiger partial charge in [-0.1, -0.05) is 6.07 Å². The van der Waals surface area contributed by atoms with E-state index in [0.29, 0.717) is 11.5 Å². The van der Waals surface area contributed by atoms with E-state index in [-0.39, 0.29) is 11.5 Å². The minimum atomic E-state index is -0.443. The third-order valence-corrected chi connectivity index (χ3v) is 4.72. The number of nitrogens with one attached hydrogen (secondary N) is 2. The smallest absolute Gasteiger partial charge is 0.255 e. The zero-order valence-electron chi connectivity index (χ0n) is 15.4. The fourth-order valence-electron chi connectivity index (χ4n) is 3.25. The van der Waals surface area contributed by atoms with Crippen LogP contribution in [-0.4, -0.2) is 24.0 Å². The van der Waals surface area contributed by atoms with Crippen LogP contribution in [0.4, 0.5) is 27.3 Å². The zero-order chi connectivity index (χ0) is 19.3. The summed E-state index contributed by atoms with van der Waals surface area (Å²) in [6, 6.07) is 17.4. The third-order valence-electron chi connectivity index (χ3n) is 4.72. The lowest BCUT2D eigenvalue weighted by atomic mass is 10.2. The molecule has 142 valence electrons. The highest BCUT2D eigenvalue weighted by molar-refractivity contribution is 6.04. The number of aromatic nitrogens is 1. The van der Waals surface area contributed by atoms with E-state index in [4.69, 9.17) is 0 Å². The molecule has 0 aliphatic carbocycles. The second-order valence-corrected chi connectivity index (χ2v) is 6.76. The van der Waals surface area contributed by atoms with Gasteiger partial charge in [-0.05, 0) is 67.4 Å². The zero-order valence-corrected chi connectivity index (χ0v) is 15.4. The largest absolute Gasteiger partial charge is 0.372 e. The quantitative estimate of drug-likeness (QED) is 0.670. The molecule has 0 radical (unpaired) electrons. The van der Waals surface area contributed by atoms with Crippen LogP contribution in [0, 0.1) is 5.82 Å². The predicted molar refractivity (Wildman–Crippen MR) is 110 cm³/mol. The Balaban J connectivity index is 1.37. The second kappa shape index (κ2) is 8.08. The van der Waals surface area contributed by atoms with E-state index in [1.807, 2.05) is 12.1 Å². The third kappa shape index (κ3) is 4.28. The number of carbonyl (C=O) groups is 1. The number of pyridine rings is 1. The van der Waals surface area contributed by atoms with Gasteiger partial charge in [-0.2, -0.15) is 0 Å². The molecule has 1 fully saturated rings. The van der Waals surface area contributed by atoms with Crippen LogP contribution in [0.25, 0.3) is 0 Å². The molecule has 5 nitrogen and oxygen atoms in total. The Hall–Kier alpha value is -3.41. The van der Waals surface area contributed by atoms with Crippen LogP contribution in [0.3, 0.4) is 0 Å². The molecule has 0 bridgehead atoms. The van der Waals surface area contributed by atoms with Crippen molar-refractivity contribution in [3.05, 3.63) is 78.2 Å². The number of benzene rings is 2. The predicted octanol–water partition coefficient (Wildman–Crippen LogP) is 4.82. The van der Waals surface area contributed by atoms with Crippen LogP contribution in [0.5, 0.6) is 0 Å². The van der Waals surface area contributed by atoms with E-state index < -0.39 is 5.82 Å². The van der Waals surface area contributed by atoms with Crippen molar-refractivity contribution in [1.29, 1.82) is 0 Å². The van der Waals surface area contributed by atoms with Crippen molar-refractivity contribution in [3.63, 3.8) is 0 Å². The van der Waals surface area contributed by atoms with Crippen LogP contribution in [0.2, 0.25) is 0 Å². The SMILES string of the molecule is O=C(Nc1ccc(Nc2ccc(N3CCCC3)cc2)nc1)c1cccc(F)c1. The number of carbonyl (C=O) groups excluding carboxylic acids is 1. The van der Waals surface area contributed by atoms with Gasteiger partial charge in [0.25, 0.3) is 5.91 Å².